The highest BCUT2D eigenvalue weighted by atomic mass is 32.3. The number of aryl methyl sites for hydroxylation is 1. The van der Waals surface area contributed by atoms with Crippen LogP contribution in [0.15, 0.2) is 47.6 Å². The normalized spacial score (nSPS) is 17.0. The molecule has 2 amide bonds. The van der Waals surface area contributed by atoms with Gasteiger partial charge in [0.2, 0.25) is 12.1 Å². The van der Waals surface area contributed by atoms with Crippen LogP contribution in [0.25, 0.3) is 5.82 Å². The average Bonchev–Trinajstić information content (AvgIpc) is 3.64. The van der Waals surface area contributed by atoms with Gasteiger partial charge >= 0.3 is 16.4 Å². The number of rotatable bonds is 15. The first kappa shape index (κ1) is 33.2. The first-order valence-corrected chi connectivity index (χ1v) is 15.3. The molecule has 21 heteroatoms. The number of nitrogens with one attached hydrogen (secondary N) is 1. The van der Waals surface area contributed by atoms with E-state index in [1.807, 2.05) is 23.3 Å². The summed E-state index contributed by atoms with van der Waals surface area (Å²) in [4.78, 5) is 51.0. The molecule has 0 saturated carbocycles. The van der Waals surface area contributed by atoms with Gasteiger partial charge in [0.25, 0.3) is 17.9 Å². The highest BCUT2D eigenvalue weighted by Gasteiger charge is 2.58. The van der Waals surface area contributed by atoms with Crippen LogP contribution in [0.1, 0.15) is 26.0 Å². The lowest BCUT2D eigenvalue weighted by molar-refractivity contribution is -0.696. The van der Waals surface area contributed by atoms with E-state index < -0.39 is 58.2 Å². The molecule has 45 heavy (non-hydrogen) atoms. The van der Waals surface area contributed by atoms with E-state index in [2.05, 4.69) is 24.7 Å². The van der Waals surface area contributed by atoms with Gasteiger partial charge in [-0.1, -0.05) is 5.16 Å². The molecule has 4 heterocycles. The Hall–Kier alpha value is -4.70. The number of carboxylic acid groups (broad SMARTS) is 1. The molecule has 1 aliphatic rings. The number of nitrogens with zero attached hydrogens (tertiary/aromatic N) is 6. The largest absolute Gasteiger partial charge is 0.487 e. The van der Waals surface area contributed by atoms with Gasteiger partial charge in [-0.05, 0) is 32.9 Å². The van der Waals surface area contributed by atoms with Crippen LogP contribution in [-0.2, 0) is 40.4 Å². The minimum Gasteiger partial charge on any atom is -0.487 e. The predicted molar refractivity (Wildman–Crippen MR) is 154 cm³/mol. The minimum absolute atomic E-state index is 0.0534. The van der Waals surface area contributed by atoms with Crippen LogP contribution in [0.5, 0.6) is 5.75 Å². The van der Waals surface area contributed by atoms with E-state index in [1.165, 1.54) is 25.4 Å². The lowest BCUT2D eigenvalue weighted by Crippen LogP contribution is -2.76. The summed E-state index contributed by atoms with van der Waals surface area (Å²) in [6.07, 6.45) is 6.06. The number of thiazole rings is 1. The Balaban J connectivity index is 1.44. The highest BCUT2D eigenvalue weighted by Crippen LogP contribution is 2.33. The van der Waals surface area contributed by atoms with Crippen LogP contribution in [0.3, 0.4) is 0 Å². The summed E-state index contributed by atoms with van der Waals surface area (Å²) in [5.41, 5.74) is 9.17. The number of aromatic nitrogens is 4. The van der Waals surface area contributed by atoms with Crippen LogP contribution < -0.4 is 26.1 Å². The van der Waals surface area contributed by atoms with Gasteiger partial charge in [0.1, 0.15) is 36.5 Å². The number of hydrogen-bond donors (Lipinski definition) is 5. The Labute approximate surface area is 259 Å². The van der Waals surface area contributed by atoms with Crippen molar-refractivity contribution in [3.8, 4) is 11.6 Å². The Bertz CT molecular complexity index is 1690. The van der Waals surface area contributed by atoms with Gasteiger partial charge in [-0.2, -0.15) is 18.0 Å². The average molecular weight is 669 g/mol. The molecule has 7 N–H and O–H groups in total. The molecule has 0 bridgehead atoms. The second-order valence-electron chi connectivity index (χ2n) is 10.0. The van der Waals surface area contributed by atoms with Gasteiger partial charge in [0.05, 0.1) is 18.3 Å². The number of nitrogens with two attached hydrogens (primary N) is 2. The van der Waals surface area contributed by atoms with Gasteiger partial charge < -0.3 is 31.5 Å². The summed E-state index contributed by atoms with van der Waals surface area (Å²) < 4.78 is 44.6. The van der Waals surface area contributed by atoms with E-state index in [0.29, 0.717) is 17.4 Å². The van der Waals surface area contributed by atoms with Gasteiger partial charge in [0.15, 0.2) is 10.8 Å². The number of hydrogen-bond acceptors (Lipinski definition) is 14. The van der Waals surface area contributed by atoms with Crippen molar-refractivity contribution in [1.29, 1.82) is 0 Å². The number of carboxylic acids is 1. The number of oxime groups is 1. The van der Waals surface area contributed by atoms with E-state index in [-0.39, 0.29) is 16.6 Å². The standard InChI is InChI=1S/C24H29N9O10S2/c1-24(2)19(21(35)33(24)43-45(38,39)40)29-20(34)18(15-12-44-23(26)28-15)30-42-16(22(36)37)11-41-14-4-5-17(27-10-14)32-9-8-31(13-32)7-3-6-25/h4-5,8-10,12-13,16,19H,3,6-7,11,25H2,1-2H3,(H4-,26,28,29,34,36,37,38,39,40)/p+1/b30-18-/t16-,19?/m0/s1. The maximum absolute atomic E-state index is 13.2. The Morgan fingerprint density at radius 3 is 2.67 bits per heavy atom. The van der Waals surface area contributed by atoms with Gasteiger partial charge in [0, 0.05) is 11.4 Å². The van der Waals surface area contributed by atoms with Gasteiger partial charge in [-0.15, -0.1) is 15.6 Å². The summed E-state index contributed by atoms with van der Waals surface area (Å²) in [6, 6.07) is 1.92. The van der Waals surface area contributed by atoms with Crippen LogP contribution in [0.2, 0.25) is 0 Å². The number of carbonyl (C=O) groups excluding carboxylic acids is 2. The highest BCUT2D eigenvalue weighted by molar-refractivity contribution is 7.80. The van der Waals surface area contributed by atoms with E-state index >= 15 is 0 Å². The first-order chi connectivity index (χ1) is 21.2. The van der Waals surface area contributed by atoms with Gasteiger partial charge in [-0.25, -0.2) is 19.3 Å². The smallest absolute Gasteiger partial charge is 0.418 e. The quantitative estimate of drug-likeness (QED) is 0.0412. The Morgan fingerprint density at radius 2 is 2.09 bits per heavy atom. The number of nitrogen functional groups attached to an aromatic ring is 1. The molecule has 19 nitrogen and oxygen atoms in total. The molecule has 3 aromatic rings. The van der Waals surface area contributed by atoms with E-state index in [4.69, 9.17) is 25.6 Å². The van der Waals surface area contributed by atoms with Crippen LogP contribution in [0.4, 0.5) is 5.13 Å². The molecule has 1 fully saturated rings. The number of amides is 2. The Morgan fingerprint density at radius 1 is 1.33 bits per heavy atom. The SMILES string of the molecule is CC1(C)C(NC(=O)/C(=N\O[C@@H](COc2ccc(-n3cc[n+](CCCN)c3)nc2)C(=O)O)c2csc(N)n2)C(=O)N1OS(=O)(=O)O. The lowest BCUT2D eigenvalue weighted by Gasteiger charge is -2.50. The van der Waals surface area contributed by atoms with Crippen molar-refractivity contribution < 1.29 is 50.9 Å². The molecule has 1 aliphatic heterocycles. The number of imidazole rings is 1. The summed E-state index contributed by atoms with van der Waals surface area (Å²) >= 11 is 0.953. The van der Waals surface area contributed by atoms with Crippen molar-refractivity contribution in [2.24, 2.45) is 10.9 Å². The topological polar surface area (TPSA) is 268 Å². The molecule has 1 saturated heterocycles. The third kappa shape index (κ3) is 8.07. The second-order valence-corrected chi connectivity index (χ2v) is 11.9. The number of anilines is 1. The van der Waals surface area contributed by atoms with E-state index in [9.17, 15) is 27.9 Å². The molecule has 0 aromatic carbocycles. The Kier molecular flexibility index (Phi) is 9.97. The van der Waals surface area contributed by atoms with Gasteiger partial charge in [-0.3, -0.25) is 14.1 Å². The molecule has 3 aromatic heterocycles. The van der Waals surface area contributed by atoms with E-state index in [1.54, 1.807) is 16.7 Å². The number of hydroxylamine groups is 2. The summed E-state index contributed by atoms with van der Waals surface area (Å²) in [5.74, 6) is -2.68. The monoisotopic (exact) mass is 668 g/mol. The number of ether oxygens (including phenoxy) is 1. The van der Waals surface area contributed by atoms with Crippen molar-refractivity contribution in [3.05, 3.63) is 48.1 Å². The zero-order valence-corrected chi connectivity index (χ0v) is 25.5. The van der Waals surface area contributed by atoms with Crippen LogP contribution in [-0.4, -0.2) is 92.0 Å². The molecule has 0 aliphatic carbocycles. The fourth-order valence-electron chi connectivity index (χ4n) is 4.00. The lowest BCUT2D eigenvalue weighted by atomic mass is 9.84. The van der Waals surface area contributed by atoms with Crippen LogP contribution >= 0.6 is 11.3 Å². The fourth-order valence-corrected chi connectivity index (χ4v) is 5.00. The molecular formula is C24H30N9O10S2+. The molecule has 0 spiro atoms. The number of pyridine rings is 1. The first-order valence-electron chi connectivity index (χ1n) is 13.1. The minimum atomic E-state index is -5.02. The van der Waals surface area contributed by atoms with Crippen molar-refractivity contribution >= 4 is 50.4 Å². The maximum atomic E-state index is 13.2. The maximum Gasteiger partial charge on any atom is 0.418 e. The molecular weight excluding hydrogens is 638 g/mol. The third-order valence-electron chi connectivity index (χ3n) is 6.35. The summed E-state index contributed by atoms with van der Waals surface area (Å²) in [7, 11) is -5.02. The molecule has 2 atom stereocenters. The third-order valence-corrected chi connectivity index (χ3v) is 7.36. The molecule has 4 rings (SSSR count). The number of aliphatic carboxylic acids is 1. The van der Waals surface area contributed by atoms with Crippen LogP contribution in [0, 0.1) is 0 Å². The fraction of sp³-hybridized carbons (Fsp3) is 0.375. The number of β-lactam (4-membered cyclic amide) rings is 1. The summed E-state index contributed by atoms with van der Waals surface area (Å²) in [6.45, 7) is 3.50. The van der Waals surface area contributed by atoms with Crippen molar-refractivity contribution in [3.63, 3.8) is 0 Å². The van der Waals surface area contributed by atoms with Crippen molar-refractivity contribution in [2.75, 3.05) is 18.9 Å². The number of carbonyl (C=O) groups is 3. The summed E-state index contributed by atoms with van der Waals surface area (Å²) in [5, 5.41) is 17.5. The van der Waals surface area contributed by atoms with Crippen molar-refractivity contribution in [1.82, 2.24) is 24.9 Å². The molecule has 1 unspecified atom stereocenters. The molecule has 242 valence electrons. The zero-order valence-electron chi connectivity index (χ0n) is 23.8. The van der Waals surface area contributed by atoms with Crippen molar-refractivity contribution in [2.45, 2.75) is 44.5 Å². The zero-order chi connectivity index (χ0) is 32.9. The molecule has 0 radical (unpaired) electrons. The second kappa shape index (κ2) is 13.5. The predicted octanol–water partition coefficient (Wildman–Crippen LogP) is -1.36. The van der Waals surface area contributed by atoms with E-state index in [0.717, 1.165) is 24.3 Å².